The summed E-state index contributed by atoms with van der Waals surface area (Å²) in [5.41, 5.74) is 0. The van der Waals surface area contributed by atoms with Gasteiger partial charge in [0.1, 0.15) is 0 Å². The number of aliphatic carboxylic acids is 1. The lowest BCUT2D eigenvalue weighted by Crippen LogP contribution is -2.42. The monoisotopic (exact) mass is 271 g/mol. The van der Waals surface area contributed by atoms with E-state index >= 15 is 0 Å². The molecular formula is C13H21NO3S. The van der Waals surface area contributed by atoms with E-state index in [1.54, 1.807) is 4.90 Å². The standard InChI is InChI=1S/C13H21NO3S/c1-8-5-10(11(6-8)13(16)17)12(15)14(2)9-3-4-18-7-9/h8-11H,3-7H2,1-2H3,(H,16,17)/t8?,9?,10-,11+/m0/s1. The summed E-state index contributed by atoms with van der Waals surface area (Å²) < 4.78 is 0. The molecule has 1 saturated heterocycles. The molecule has 0 aromatic rings. The smallest absolute Gasteiger partial charge is 0.307 e. The van der Waals surface area contributed by atoms with Gasteiger partial charge < -0.3 is 10.0 Å². The molecule has 0 aromatic carbocycles. The van der Waals surface area contributed by atoms with Gasteiger partial charge in [0.25, 0.3) is 0 Å². The summed E-state index contributed by atoms with van der Waals surface area (Å²) in [5.74, 6) is 0.864. The van der Waals surface area contributed by atoms with Crippen LogP contribution in [0.2, 0.25) is 0 Å². The Balaban J connectivity index is 2.04. The maximum absolute atomic E-state index is 12.4. The minimum Gasteiger partial charge on any atom is -0.481 e. The molecule has 1 aliphatic heterocycles. The molecule has 2 fully saturated rings. The second kappa shape index (κ2) is 5.51. The van der Waals surface area contributed by atoms with Crippen molar-refractivity contribution in [2.45, 2.75) is 32.2 Å². The quantitative estimate of drug-likeness (QED) is 0.849. The molecule has 0 spiro atoms. The molecule has 1 heterocycles. The van der Waals surface area contributed by atoms with E-state index in [0.717, 1.165) is 24.3 Å². The van der Waals surface area contributed by atoms with Crippen LogP contribution in [0.5, 0.6) is 0 Å². The zero-order valence-electron chi connectivity index (χ0n) is 11.0. The molecule has 1 saturated carbocycles. The van der Waals surface area contributed by atoms with Gasteiger partial charge in [-0.25, -0.2) is 0 Å². The molecule has 0 bridgehead atoms. The van der Waals surface area contributed by atoms with Crippen LogP contribution in [-0.2, 0) is 9.59 Å². The van der Waals surface area contributed by atoms with Crippen molar-refractivity contribution in [1.29, 1.82) is 0 Å². The van der Waals surface area contributed by atoms with E-state index in [1.807, 2.05) is 25.7 Å². The summed E-state index contributed by atoms with van der Waals surface area (Å²) in [7, 11) is 1.83. The first kappa shape index (κ1) is 13.7. The fourth-order valence-electron chi connectivity index (χ4n) is 3.11. The van der Waals surface area contributed by atoms with Crippen LogP contribution in [0.1, 0.15) is 26.2 Å². The van der Waals surface area contributed by atoms with Gasteiger partial charge in [-0.15, -0.1) is 0 Å². The van der Waals surface area contributed by atoms with Gasteiger partial charge >= 0.3 is 5.97 Å². The Hall–Kier alpha value is -0.710. The van der Waals surface area contributed by atoms with Crippen LogP contribution in [0.4, 0.5) is 0 Å². The molecule has 1 amide bonds. The van der Waals surface area contributed by atoms with Crippen LogP contribution < -0.4 is 0 Å². The third-order valence-electron chi connectivity index (χ3n) is 4.23. The van der Waals surface area contributed by atoms with Crippen LogP contribution in [-0.4, -0.2) is 46.5 Å². The molecular weight excluding hydrogens is 250 g/mol. The molecule has 2 unspecified atom stereocenters. The van der Waals surface area contributed by atoms with Gasteiger partial charge in [0.2, 0.25) is 5.91 Å². The summed E-state index contributed by atoms with van der Waals surface area (Å²) in [6, 6.07) is 0.299. The van der Waals surface area contributed by atoms with Gasteiger partial charge in [-0.2, -0.15) is 11.8 Å². The van der Waals surface area contributed by atoms with E-state index in [2.05, 4.69) is 0 Å². The number of carbonyl (C=O) groups is 2. The molecule has 0 aromatic heterocycles. The average Bonchev–Trinajstić information content (AvgIpc) is 2.95. The molecule has 5 heteroatoms. The van der Waals surface area contributed by atoms with Crippen LogP contribution in [0.25, 0.3) is 0 Å². The van der Waals surface area contributed by atoms with Crippen molar-refractivity contribution in [2.24, 2.45) is 17.8 Å². The number of rotatable bonds is 3. The van der Waals surface area contributed by atoms with Crippen molar-refractivity contribution in [1.82, 2.24) is 4.90 Å². The van der Waals surface area contributed by atoms with Gasteiger partial charge in [-0.05, 0) is 30.9 Å². The fraction of sp³-hybridized carbons (Fsp3) is 0.846. The van der Waals surface area contributed by atoms with Crippen LogP contribution in [0.15, 0.2) is 0 Å². The van der Waals surface area contributed by atoms with E-state index in [4.69, 9.17) is 0 Å². The maximum Gasteiger partial charge on any atom is 0.307 e. The molecule has 4 atom stereocenters. The molecule has 102 valence electrons. The van der Waals surface area contributed by atoms with Crippen LogP contribution in [0.3, 0.4) is 0 Å². The first-order valence-electron chi connectivity index (χ1n) is 6.58. The third kappa shape index (κ3) is 2.66. The Kier molecular flexibility index (Phi) is 4.20. The summed E-state index contributed by atoms with van der Waals surface area (Å²) in [4.78, 5) is 25.5. The number of carboxylic acid groups (broad SMARTS) is 1. The highest BCUT2D eigenvalue weighted by Gasteiger charge is 2.43. The van der Waals surface area contributed by atoms with Crippen LogP contribution >= 0.6 is 11.8 Å². The van der Waals surface area contributed by atoms with E-state index < -0.39 is 11.9 Å². The van der Waals surface area contributed by atoms with Crippen LogP contribution in [0, 0.1) is 17.8 Å². The van der Waals surface area contributed by atoms with Gasteiger partial charge in [0.05, 0.1) is 11.8 Å². The second-order valence-electron chi connectivity index (χ2n) is 5.59. The number of hydrogen-bond acceptors (Lipinski definition) is 3. The molecule has 2 rings (SSSR count). The average molecular weight is 271 g/mol. The highest BCUT2D eigenvalue weighted by Crippen LogP contribution is 2.38. The zero-order chi connectivity index (χ0) is 13.3. The van der Waals surface area contributed by atoms with E-state index in [9.17, 15) is 14.7 Å². The van der Waals surface area contributed by atoms with Gasteiger partial charge in [-0.1, -0.05) is 6.92 Å². The lowest BCUT2D eigenvalue weighted by atomic mass is 9.94. The Morgan fingerprint density at radius 2 is 1.94 bits per heavy atom. The first-order chi connectivity index (χ1) is 8.50. The summed E-state index contributed by atoms with van der Waals surface area (Å²) in [6.07, 6.45) is 2.39. The molecule has 18 heavy (non-hydrogen) atoms. The minimum absolute atomic E-state index is 0.0410. The molecule has 1 N–H and O–H groups in total. The summed E-state index contributed by atoms with van der Waals surface area (Å²) in [6.45, 7) is 2.04. The normalized spacial score (nSPS) is 35.7. The van der Waals surface area contributed by atoms with E-state index in [-0.39, 0.29) is 11.8 Å². The van der Waals surface area contributed by atoms with E-state index in [0.29, 0.717) is 18.4 Å². The van der Waals surface area contributed by atoms with Crippen molar-refractivity contribution in [3.8, 4) is 0 Å². The van der Waals surface area contributed by atoms with Crippen molar-refractivity contribution in [2.75, 3.05) is 18.6 Å². The van der Waals surface area contributed by atoms with Crippen molar-refractivity contribution in [3.63, 3.8) is 0 Å². The lowest BCUT2D eigenvalue weighted by molar-refractivity contribution is -0.149. The molecule has 4 nitrogen and oxygen atoms in total. The highest BCUT2D eigenvalue weighted by atomic mass is 32.2. The molecule has 1 aliphatic carbocycles. The Bertz CT molecular complexity index is 341. The molecule has 0 radical (unpaired) electrons. The van der Waals surface area contributed by atoms with Gasteiger partial charge in [0.15, 0.2) is 0 Å². The topological polar surface area (TPSA) is 57.6 Å². The van der Waals surface area contributed by atoms with E-state index in [1.165, 1.54) is 0 Å². The summed E-state index contributed by atoms with van der Waals surface area (Å²) >= 11 is 1.87. The van der Waals surface area contributed by atoms with Crippen molar-refractivity contribution < 1.29 is 14.7 Å². The zero-order valence-corrected chi connectivity index (χ0v) is 11.8. The van der Waals surface area contributed by atoms with Crippen molar-refractivity contribution >= 4 is 23.6 Å². The number of amides is 1. The number of nitrogens with zero attached hydrogens (tertiary/aromatic N) is 1. The molecule has 2 aliphatic rings. The predicted octanol–water partition coefficient (Wildman–Crippen LogP) is 1.70. The first-order valence-corrected chi connectivity index (χ1v) is 7.73. The number of carbonyl (C=O) groups excluding carboxylic acids is 1. The number of thioether (sulfide) groups is 1. The maximum atomic E-state index is 12.4. The van der Waals surface area contributed by atoms with Gasteiger partial charge in [0, 0.05) is 18.8 Å². The second-order valence-corrected chi connectivity index (χ2v) is 6.74. The Morgan fingerprint density at radius 1 is 1.28 bits per heavy atom. The highest BCUT2D eigenvalue weighted by molar-refractivity contribution is 7.99. The fourth-order valence-corrected chi connectivity index (χ4v) is 4.37. The number of carboxylic acids is 1. The summed E-state index contributed by atoms with van der Waals surface area (Å²) in [5, 5.41) is 9.22. The largest absolute Gasteiger partial charge is 0.481 e. The minimum atomic E-state index is -0.813. The van der Waals surface area contributed by atoms with Gasteiger partial charge in [-0.3, -0.25) is 9.59 Å². The number of hydrogen-bond donors (Lipinski definition) is 1. The third-order valence-corrected chi connectivity index (χ3v) is 5.38. The Labute approximate surface area is 112 Å². The Morgan fingerprint density at radius 3 is 2.50 bits per heavy atom. The predicted molar refractivity (Wildman–Crippen MR) is 71.5 cm³/mol. The lowest BCUT2D eigenvalue weighted by Gasteiger charge is -2.28. The SMILES string of the molecule is CC1C[C@H](C(=O)N(C)C2CCSC2)[C@H](C(=O)O)C1. The van der Waals surface area contributed by atoms with Crippen molar-refractivity contribution in [3.05, 3.63) is 0 Å².